The van der Waals surface area contributed by atoms with Gasteiger partial charge in [-0.3, -0.25) is 19.1 Å². The molecular weight excluding hydrogens is 440 g/mol. The monoisotopic (exact) mass is 466 g/mol. The molecule has 9 nitrogen and oxygen atoms in total. The van der Waals surface area contributed by atoms with E-state index in [4.69, 9.17) is 14.2 Å². The zero-order valence-electron chi connectivity index (χ0n) is 18.8. The van der Waals surface area contributed by atoms with Crippen molar-refractivity contribution in [3.8, 4) is 11.5 Å². The average molecular weight is 466 g/mol. The highest BCUT2D eigenvalue weighted by atomic mass is 16.6. The van der Waals surface area contributed by atoms with Crippen molar-refractivity contribution < 1.29 is 24.1 Å². The van der Waals surface area contributed by atoms with E-state index in [1.807, 2.05) is 36.4 Å². The molecule has 1 aliphatic heterocycles. The lowest BCUT2D eigenvalue weighted by Gasteiger charge is -2.18. The van der Waals surface area contributed by atoms with Crippen LogP contribution < -0.4 is 16.0 Å². The van der Waals surface area contributed by atoms with Crippen LogP contribution in [-0.2, 0) is 14.3 Å². The number of carbonyl (C=O) groups is 1. The first-order chi connectivity index (χ1) is 16.3. The smallest absolute Gasteiger partial charge is 0.330 e. The van der Waals surface area contributed by atoms with Gasteiger partial charge in [0.2, 0.25) is 0 Å². The summed E-state index contributed by atoms with van der Waals surface area (Å²) in [6.07, 6.45) is -0.990. The molecule has 1 unspecified atom stereocenters. The van der Waals surface area contributed by atoms with Gasteiger partial charge in [0.05, 0.1) is 12.0 Å². The lowest BCUT2D eigenvalue weighted by molar-refractivity contribution is -0.151. The second-order valence-electron chi connectivity index (χ2n) is 8.25. The number of hydrogen-bond donors (Lipinski definition) is 2. The summed E-state index contributed by atoms with van der Waals surface area (Å²) in [5, 5.41) is 10.4. The van der Waals surface area contributed by atoms with E-state index in [1.165, 1.54) is 10.8 Å². The Bertz CT molecular complexity index is 1270. The van der Waals surface area contributed by atoms with Crippen LogP contribution in [0.25, 0.3) is 0 Å². The molecule has 1 fully saturated rings. The molecule has 0 bridgehead atoms. The summed E-state index contributed by atoms with van der Waals surface area (Å²) in [6.45, 7) is 3.13. The molecule has 1 aliphatic rings. The minimum Gasteiger partial charge on any atom is -0.462 e. The van der Waals surface area contributed by atoms with E-state index in [9.17, 15) is 19.5 Å². The van der Waals surface area contributed by atoms with E-state index in [2.05, 4.69) is 4.98 Å². The Morgan fingerprint density at radius 1 is 1.18 bits per heavy atom. The number of ether oxygens (including phenoxy) is 3. The van der Waals surface area contributed by atoms with Gasteiger partial charge in [-0.25, -0.2) is 4.79 Å². The van der Waals surface area contributed by atoms with Crippen LogP contribution in [0, 0.1) is 6.92 Å². The number of esters is 1. The number of aromatic nitrogens is 2. The lowest BCUT2D eigenvalue weighted by atomic mass is 10.0. The van der Waals surface area contributed by atoms with Crippen LogP contribution in [0.4, 0.5) is 0 Å². The van der Waals surface area contributed by atoms with Crippen LogP contribution in [0.3, 0.4) is 0 Å². The minimum atomic E-state index is -0.935. The highest BCUT2D eigenvalue weighted by Crippen LogP contribution is 2.29. The van der Waals surface area contributed by atoms with E-state index in [0.29, 0.717) is 17.1 Å². The van der Waals surface area contributed by atoms with E-state index in [1.54, 1.807) is 32.0 Å². The van der Waals surface area contributed by atoms with Crippen molar-refractivity contribution in [2.75, 3.05) is 6.61 Å². The largest absolute Gasteiger partial charge is 0.462 e. The van der Waals surface area contributed by atoms with Gasteiger partial charge in [0.25, 0.3) is 5.56 Å². The molecule has 34 heavy (non-hydrogen) atoms. The molecule has 4 rings (SSSR count). The maximum Gasteiger partial charge on any atom is 0.330 e. The van der Waals surface area contributed by atoms with E-state index in [-0.39, 0.29) is 13.0 Å². The maximum absolute atomic E-state index is 12.7. The van der Waals surface area contributed by atoms with Crippen LogP contribution in [0.5, 0.6) is 11.5 Å². The van der Waals surface area contributed by atoms with Crippen molar-refractivity contribution >= 4 is 5.97 Å². The average Bonchev–Trinajstić information content (AvgIpc) is 3.20. The van der Waals surface area contributed by atoms with E-state index in [0.717, 1.165) is 5.56 Å². The maximum atomic E-state index is 12.7. The number of benzene rings is 2. The third-order valence-corrected chi connectivity index (χ3v) is 5.74. The highest BCUT2D eigenvalue weighted by molar-refractivity contribution is 5.77. The van der Waals surface area contributed by atoms with Gasteiger partial charge in [-0.2, -0.15) is 0 Å². The topological polar surface area (TPSA) is 120 Å². The fourth-order valence-corrected chi connectivity index (χ4v) is 3.73. The number of para-hydroxylation sites is 1. The molecule has 4 atom stereocenters. The summed E-state index contributed by atoms with van der Waals surface area (Å²) in [6, 6.07) is 16.5. The number of nitrogens with one attached hydrogen (secondary N) is 1. The number of rotatable bonds is 7. The van der Waals surface area contributed by atoms with Crippen LogP contribution in [0.1, 0.15) is 36.6 Å². The molecule has 3 aromatic rings. The molecule has 178 valence electrons. The Morgan fingerprint density at radius 3 is 2.68 bits per heavy atom. The number of hydrogen-bond acceptors (Lipinski definition) is 7. The molecule has 9 heteroatoms. The van der Waals surface area contributed by atoms with Gasteiger partial charge in [-0.15, -0.1) is 0 Å². The third kappa shape index (κ3) is 5.27. The highest BCUT2D eigenvalue weighted by Gasteiger charge is 2.36. The molecule has 0 aliphatic carbocycles. The van der Waals surface area contributed by atoms with Crippen molar-refractivity contribution in [1.82, 2.24) is 9.55 Å². The van der Waals surface area contributed by atoms with Gasteiger partial charge in [-0.1, -0.05) is 30.3 Å². The molecule has 1 aromatic heterocycles. The van der Waals surface area contributed by atoms with Crippen LogP contribution in [0.15, 0.2) is 70.4 Å². The van der Waals surface area contributed by atoms with Gasteiger partial charge >= 0.3 is 11.7 Å². The van der Waals surface area contributed by atoms with Crippen LogP contribution >= 0.6 is 0 Å². The van der Waals surface area contributed by atoms with Gasteiger partial charge in [0, 0.05) is 18.2 Å². The predicted molar refractivity (Wildman–Crippen MR) is 123 cm³/mol. The summed E-state index contributed by atoms with van der Waals surface area (Å²) in [5.41, 5.74) is -0.0338. The number of aryl methyl sites for hydroxylation is 1. The molecule has 0 amide bonds. The molecule has 0 saturated carbocycles. The van der Waals surface area contributed by atoms with Crippen molar-refractivity contribution in [1.29, 1.82) is 0 Å². The first kappa shape index (κ1) is 23.5. The van der Waals surface area contributed by atoms with Gasteiger partial charge in [0.15, 0.2) is 0 Å². The van der Waals surface area contributed by atoms with Crippen molar-refractivity contribution in [2.24, 2.45) is 0 Å². The Morgan fingerprint density at radius 2 is 1.91 bits per heavy atom. The van der Waals surface area contributed by atoms with Gasteiger partial charge < -0.3 is 19.3 Å². The van der Waals surface area contributed by atoms with Gasteiger partial charge in [-0.05, 0) is 43.7 Å². The number of carbonyl (C=O) groups excluding carboxylic acids is 1. The van der Waals surface area contributed by atoms with Crippen molar-refractivity contribution in [3.63, 3.8) is 0 Å². The Kier molecular flexibility index (Phi) is 6.95. The van der Waals surface area contributed by atoms with Gasteiger partial charge in [0.1, 0.15) is 30.4 Å². The molecule has 0 spiro atoms. The standard InChI is InChI=1S/C25H26N2O7/c1-15-13-27(25(31)26-23(15)29)22-12-20(28)21(34-22)14-32-24(30)16(2)17-7-6-10-19(11-17)33-18-8-4-3-5-9-18/h3-11,13,16,20-22,28H,12,14H2,1-2H3,(H,26,29,31)/t16?,20-,21+,22+/m0/s1. The number of aromatic amines is 1. The predicted octanol–water partition coefficient (Wildman–Crippen LogP) is 2.63. The first-order valence-electron chi connectivity index (χ1n) is 11.0. The number of H-pyrrole nitrogens is 1. The number of aliphatic hydroxyl groups is 1. The summed E-state index contributed by atoms with van der Waals surface area (Å²) in [4.78, 5) is 38.6. The molecule has 1 saturated heterocycles. The van der Waals surface area contributed by atoms with Crippen molar-refractivity contribution in [2.45, 2.75) is 44.6 Å². The molecule has 2 N–H and O–H groups in total. The summed E-state index contributed by atoms with van der Waals surface area (Å²) in [5.74, 6) is 0.238. The second kappa shape index (κ2) is 10.1. The Hall–Kier alpha value is -3.69. The molecular formula is C25H26N2O7. The number of nitrogens with zero attached hydrogens (tertiary/aromatic N) is 1. The summed E-state index contributed by atoms with van der Waals surface area (Å²) in [7, 11) is 0. The second-order valence-corrected chi connectivity index (χ2v) is 8.25. The van der Waals surface area contributed by atoms with Crippen molar-refractivity contribution in [3.05, 3.63) is 92.8 Å². The fraction of sp³-hybridized carbons (Fsp3) is 0.320. The SMILES string of the molecule is Cc1cn([C@H]2C[C@H](O)[C@@H](COC(=O)C(C)c3cccc(Oc4ccccc4)c3)O2)c(=O)[nH]c1=O. The summed E-state index contributed by atoms with van der Waals surface area (Å²) < 4.78 is 18.2. The fourth-order valence-electron chi connectivity index (χ4n) is 3.73. The Balaban J connectivity index is 1.36. The van der Waals surface area contributed by atoms with Crippen LogP contribution in [0.2, 0.25) is 0 Å². The first-order valence-corrected chi connectivity index (χ1v) is 11.0. The Labute approximate surface area is 195 Å². The van der Waals surface area contributed by atoms with E-state index >= 15 is 0 Å². The summed E-state index contributed by atoms with van der Waals surface area (Å²) >= 11 is 0. The number of aliphatic hydroxyl groups excluding tert-OH is 1. The zero-order valence-corrected chi connectivity index (χ0v) is 18.8. The third-order valence-electron chi connectivity index (χ3n) is 5.74. The van der Waals surface area contributed by atoms with Crippen LogP contribution in [-0.4, -0.2) is 39.4 Å². The molecule has 2 aromatic carbocycles. The van der Waals surface area contributed by atoms with E-state index < -0.39 is 41.6 Å². The lowest BCUT2D eigenvalue weighted by Crippen LogP contribution is -2.33. The normalized spacial score (nSPS) is 20.6. The molecule has 2 heterocycles. The minimum absolute atomic E-state index is 0.127. The zero-order chi connectivity index (χ0) is 24.2. The molecule has 0 radical (unpaired) electrons. The quantitative estimate of drug-likeness (QED) is 0.514.